The van der Waals surface area contributed by atoms with E-state index in [0.29, 0.717) is 25.7 Å². The molecule has 0 atom stereocenters. The molecular formula is C25H27FN6O. The molecular weight excluding hydrogens is 419 g/mol. The summed E-state index contributed by atoms with van der Waals surface area (Å²) in [5.74, 6) is 0.471. The van der Waals surface area contributed by atoms with Gasteiger partial charge in [-0.1, -0.05) is 43.2 Å². The zero-order chi connectivity index (χ0) is 22.8. The van der Waals surface area contributed by atoms with Crippen molar-refractivity contribution in [2.24, 2.45) is 0 Å². The molecule has 0 saturated heterocycles. The van der Waals surface area contributed by atoms with Crippen molar-refractivity contribution in [1.82, 2.24) is 30.1 Å². The highest BCUT2D eigenvalue weighted by Gasteiger charge is 2.25. The standard InChI is InChI=1S/C25H27FN6O/c1-17-5-4-6-19-13-20(25(33)27-24(17)19)15-31(22-7-2-3-8-22)16-23-28-29-30-32(23)14-18-9-11-21(26)12-10-18/h4-6,9-13,22H,2-3,7-8,14-16H2,1H3,(H,27,33). The Morgan fingerprint density at radius 3 is 2.70 bits per heavy atom. The third kappa shape index (κ3) is 4.71. The third-order valence-corrected chi connectivity index (χ3v) is 6.58. The molecule has 0 amide bonds. The number of aromatic amines is 1. The molecule has 5 rings (SSSR count). The third-order valence-electron chi connectivity index (χ3n) is 6.58. The van der Waals surface area contributed by atoms with Crippen molar-refractivity contribution in [2.75, 3.05) is 0 Å². The minimum atomic E-state index is -0.265. The van der Waals surface area contributed by atoms with Gasteiger partial charge in [0.2, 0.25) is 0 Å². The summed E-state index contributed by atoms with van der Waals surface area (Å²) in [4.78, 5) is 18.3. The number of hydrogen-bond acceptors (Lipinski definition) is 5. The zero-order valence-electron chi connectivity index (χ0n) is 18.7. The number of pyridine rings is 1. The Kier molecular flexibility index (Phi) is 6.00. The second kappa shape index (κ2) is 9.23. The maximum absolute atomic E-state index is 13.3. The van der Waals surface area contributed by atoms with Gasteiger partial charge in [-0.15, -0.1) is 5.10 Å². The monoisotopic (exact) mass is 446 g/mol. The summed E-state index contributed by atoms with van der Waals surface area (Å²) < 4.78 is 15.0. The molecule has 1 N–H and O–H groups in total. The molecule has 1 fully saturated rings. The second-order valence-electron chi connectivity index (χ2n) is 8.89. The Balaban J connectivity index is 1.41. The van der Waals surface area contributed by atoms with Crippen LogP contribution in [0.15, 0.2) is 53.3 Å². The maximum atomic E-state index is 13.3. The van der Waals surface area contributed by atoms with E-state index in [1.54, 1.807) is 16.8 Å². The van der Waals surface area contributed by atoms with E-state index in [1.807, 2.05) is 31.2 Å². The number of hydrogen-bond donors (Lipinski definition) is 1. The van der Waals surface area contributed by atoms with Crippen LogP contribution in [-0.4, -0.2) is 36.1 Å². The highest BCUT2D eigenvalue weighted by molar-refractivity contribution is 5.81. The van der Waals surface area contributed by atoms with Gasteiger partial charge in [-0.2, -0.15) is 0 Å². The molecule has 8 heteroatoms. The molecule has 0 aliphatic heterocycles. The van der Waals surface area contributed by atoms with Crippen molar-refractivity contribution in [2.45, 2.75) is 58.3 Å². The fraction of sp³-hybridized carbons (Fsp3) is 0.360. The quantitative estimate of drug-likeness (QED) is 0.465. The lowest BCUT2D eigenvalue weighted by atomic mass is 10.1. The molecule has 0 radical (unpaired) electrons. The maximum Gasteiger partial charge on any atom is 0.252 e. The van der Waals surface area contributed by atoms with Crippen molar-refractivity contribution < 1.29 is 4.39 Å². The molecule has 0 bridgehead atoms. The van der Waals surface area contributed by atoms with Gasteiger partial charge in [0.15, 0.2) is 5.82 Å². The molecule has 1 aliphatic carbocycles. The lowest BCUT2D eigenvalue weighted by Gasteiger charge is -2.28. The van der Waals surface area contributed by atoms with Crippen LogP contribution in [0, 0.1) is 12.7 Å². The van der Waals surface area contributed by atoms with E-state index < -0.39 is 0 Å². The van der Waals surface area contributed by atoms with E-state index in [1.165, 1.54) is 25.0 Å². The summed E-state index contributed by atoms with van der Waals surface area (Å²) in [5, 5.41) is 13.3. The number of aromatic nitrogens is 5. The molecule has 4 aromatic rings. The molecule has 2 aromatic carbocycles. The summed E-state index contributed by atoms with van der Waals surface area (Å²) in [7, 11) is 0. The van der Waals surface area contributed by atoms with Crippen LogP contribution in [0.3, 0.4) is 0 Å². The lowest BCUT2D eigenvalue weighted by molar-refractivity contribution is 0.172. The first-order valence-corrected chi connectivity index (χ1v) is 11.4. The topological polar surface area (TPSA) is 79.7 Å². The number of tetrazole rings is 1. The fourth-order valence-corrected chi connectivity index (χ4v) is 4.75. The van der Waals surface area contributed by atoms with Crippen LogP contribution in [0.5, 0.6) is 0 Å². The molecule has 170 valence electrons. The summed E-state index contributed by atoms with van der Waals surface area (Å²) in [6.45, 7) is 3.55. The van der Waals surface area contributed by atoms with Crippen LogP contribution in [-0.2, 0) is 19.6 Å². The van der Waals surface area contributed by atoms with E-state index in [0.717, 1.165) is 46.3 Å². The highest BCUT2D eigenvalue weighted by atomic mass is 19.1. The van der Waals surface area contributed by atoms with Crippen LogP contribution >= 0.6 is 0 Å². The van der Waals surface area contributed by atoms with Gasteiger partial charge in [0.05, 0.1) is 18.6 Å². The van der Waals surface area contributed by atoms with E-state index >= 15 is 0 Å². The van der Waals surface area contributed by atoms with Crippen LogP contribution in [0.25, 0.3) is 10.9 Å². The predicted octanol–water partition coefficient (Wildman–Crippen LogP) is 3.96. The van der Waals surface area contributed by atoms with Crippen LogP contribution in [0.1, 0.15) is 48.2 Å². The SMILES string of the molecule is Cc1cccc2cc(CN(Cc3nnnn3Cc3ccc(F)cc3)C3CCCC3)c(=O)[nH]c12. The summed E-state index contributed by atoms with van der Waals surface area (Å²) >= 11 is 0. The number of rotatable bonds is 7. The van der Waals surface area contributed by atoms with Crippen molar-refractivity contribution in [3.8, 4) is 0 Å². The Bertz CT molecular complexity index is 1310. The smallest absolute Gasteiger partial charge is 0.252 e. The minimum Gasteiger partial charge on any atom is -0.321 e. The van der Waals surface area contributed by atoms with Gasteiger partial charge in [0.1, 0.15) is 5.82 Å². The van der Waals surface area contributed by atoms with Gasteiger partial charge in [-0.05, 0) is 64.9 Å². The van der Waals surface area contributed by atoms with Crippen LogP contribution in [0.2, 0.25) is 0 Å². The van der Waals surface area contributed by atoms with Crippen molar-refractivity contribution in [1.29, 1.82) is 0 Å². The van der Waals surface area contributed by atoms with E-state index in [9.17, 15) is 9.18 Å². The first-order valence-electron chi connectivity index (χ1n) is 11.4. The van der Waals surface area contributed by atoms with Gasteiger partial charge in [-0.3, -0.25) is 9.69 Å². The largest absolute Gasteiger partial charge is 0.321 e. The number of nitrogens with zero attached hydrogens (tertiary/aromatic N) is 5. The Hall–Kier alpha value is -3.39. The number of fused-ring (bicyclic) bond motifs is 1. The van der Waals surface area contributed by atoms with E-state index in [2.05, 4.69) is 25.4 Å². The first-order chi connectivity index (χ1) is 16.1. The Labute approximate surface area is 191 Å². The zero-order valence-corrected chi connectivity index (χ0v) is 18.7. The highest BCUT2D eigenvalue weighted by Crippen LogP contribution is 2.26. The average molecular weight is 447 g/mol. The van der Waals surface area contributed by atoms with Gasteiger partial charge >= 0.3 is 0 Å². The number of benzene rings is 2. The Morgan fingerprint density at radius 2 is 1.91 bits per heavy atom. The van der Waals surface area contributed by atoms with Crippen LogP contribution in [0.4, 0.5) is 4.39 Å². The molecule has 2 heterocycles. The number of halogens is 1. The molecule has 1 aliphatic rings. The molecule has 2 aromatic heterocycles. The number of aryl methyl sites for hydroxylation is 1. The van der Waals surface area contributed by atoms with Gasteiger partial charge in [0, 0.05) is 18.2 Å². The van der Waals surface area contributed by atoms with Crippen molar-refractivity contribution in [3.63, 3.8) is 0 Å². The number of nitrogens with one attached hydrogen (secondary N) is 1. The molecule has 7 nitrogen and oxygen atoms in total. The summed E-state index contributed by atoms with van der Waals surface area (Å²) in [6, 6.07) is 14.8. The van der Waals surface area contributed by atoms with Crippen molar-refractivity contribution >= 4 is 10.9 Å². The van der Waals surface area contributed by atoms with Gasteiger partial charge in [-0.25, -0.2) is 9.07 Å². The Morgan fingerprint density at radius 1 is 1.12 bits per heavy atom. The van der Waals surface area contributed by atoms with Crippen molar-refractivity contribution in [3.05, 3.63) is 87.2 Å². The summed E-state index contributed by atoms with van der Waals surface area (Å²) in [6.07, 6.45) is 4.58. The normalized spacial score (nSPS) is 14.5. The number of para-hydroxylation sites is 1. The minimum absolute atomic E-state index is 0.0503. The molecule has 1 saturated carbocycles. The lowest BCUT2D eigenvalue weighted by Crippen LogP contribution is -2.35. The molecule has 0 spiro atoms. The van der Waals surface area contributed by atoms with Gasteiger partial charge in [0.25, 0.3) is 5.56 Å². The van der Waals surface area contributed by atoms with E-state index in [-0.39, 0.29) is 11.4 Å². The van der Waals surface area contributed by atoms with E-state index in [4.69, 9.17) is 0 Å². The van der Waals surface area contributed by atoms with Crippen LogP contribution < -0.4 is 5.56 Å². The summed E-state index contributed by atoms with van der Waals surface area (Å²) in [5.41, 5.74) is 3.58. The fourth-order valence-electron chi connectivity index (χ4n) is 4.75. The molecule has 0 unspecified atom stereocenters. The second-order valence-corrected chi connectivity index (χ2v) is 8.89. The first kappa shape index (κ1) is 21.5. The predicted molar refractivity (Wildman–Crippen MR) is 124 cm³/mol. The average Bonchev–Trinajstić information content (AvgIpc) is 3.49. The van der Waals surface area contributed by atoms with Gasteiger partial charge < -0.3 is 4.98 Å². The number of H-pyrrole nitrogens is 1. The molecule has 33 heavy (non-hydrogen) atoms.